The predicted octanol–water partition coefficient (Wildman–Crippen LogP) is 1.60. The number of ether oxygens (including phenoxy) is 2. The number of aryl methyl sites for hydroxylation is 1. The van der Waals surface area contributed by atoms with Crippen LogP contribution in [0, 0.1) is 6.92 Å². The summed E-state index contributed by atoms with van der Waals surface area (Å²) in [6.45, 7) is 4.66. The van der Waals surface area contributed by atoms with Gasteiger partial charge in [0.2, 0.25) is 0 Å². The van der Waals surface area contributed by atoms with E-state index < -0.39 is 5.60 Å². The Morgan fingerprint density at radius 2 is 2.00 bits per heavy atom. The normalized spacial score (nSPS) is 17.0. The first-order chi connectivity index (χ1) is 10.6. The number of rotatable bonds is 6. The van der Waals surface area contributed by atoms with Gasteiger partial charge in [0.25, 0.3) is 5.91 Å². The molecule has 1 aromatic rings. The molecular formula is C17H26N2O3. The van der Waals surface area contributed by atoms with Gasteiger partial charge >= 0.3 is 0 Å². The van der Waals surface area contributed by atoms with Gasteiger partial charge in [0.1, 0.15) is 18.0 Å². The van der Waals surface area contributed by atoms with E-state index in [1.54, 1.807) is 12.0 Å². The maximum Gasteiger partial charge on any atom is 0.254 e. The predicted molar refractivity (Wildman–Crippen MR) is 86.2 cm³/mol. The van der Waals surface area contributed by atoms with Crippen molar-refractivity contribution in [2.75, 3.05) is 40.4 Å². The van der Waals surface area contributed by atoms with Crippen LogP contribution < -0.4 is 10.1 Å². The van der Waals surface area contributed by atoms with E-state index in [2.05, 4.69) is 5.32 Å². The van der Waals surface area contributed by atoms with Crippen molar-refractivity contribution >= 4 is 5.91 Å². The Kier molecular flexibility index (Phi) is 5.80. The van der Waals surface area contributed by atoms with Crippen LogP contribution >= 0.6 is 0 Å². The van der Waals surface area contributed by atoms with E-state index in [-0.39, 0.29) is 5.91 Å². The number of likely N-dealkylation sites (N-methyl/N-ethyl adjacent to an activating group) is 1. The Bertz CT molecular complexity index is 498. The van der Waals surface area contributed by atoms with Crippen LogP contribution in [0.4, 0.5) is 0 Å². The van der Waals surface area contributed by atoms with Crippen molar-refractivity contribution < 1.29 is 14.3 Å². The lowest BCUT2D eigenvalue weighted by atomic mass is 9.90. The molecule has 1 aromatic carbocycles. The smallest absolute Gasteiger partial charge is 0.254 e. The van der Waals surface area contributed by atoms with E-state index in [0.717, 1.165) is 24.4 Å². The summed E-state index contributed by atoms with van der Waals surface area (Å²) in [5.41, 5.74) is 0.422. The molecule has 22 heavy (non-hydrogen) atoms. The molecule has 1 amide bonds. The van der Waals surface area contributed by atoms with Crippen LogP contribution in [0.1, 0.15) is 18.4 Å². The second-order valence-electron chi connectivity index (χ2n) is 5.79. The molecule has 1 aliphatic rings. The van der Waals surface area contributed by atoms with Crippen LogP contribution in [-0.2, 0) is 9.53 Å². The molecule has 0 radical (unpaired) electrons. The molecule has 0 aliphatic carbocycles. The third kappa shape index (κ3) is 3.78. The molecule has 0 bridgehead atoms. The Morgan fingerprint density at radius 3 is 2.64 bits per heavy atom. The van der Waals surface area contributed by atoms with E-state index in [1.807, 2.05) is 38.2 Å². The highest BCUT2D eigenvalue weighted by atomic mass is 16.5. The molecule has 1 fully saturated rings. The van der Waals surface area contributed by atoms with Gasteiger partial charge in [-0.15, -0.1) is 0 Å². The van der Waals surface area contributed by atoms with Crippen molar-refractivity contribution in [1.82, 2.24) is 10.2 Å². The quantitative estimate of drug-likeness (QED) is 0.867. The number of para-hydroxylation sites is 1. The molecule has 0 unspecified atom stereocenters. The number of hydrogen-bond acceptors (Lipinski definition) is 4. The van der Waals surface area contributed by atoms with Crippen molar-refractivity contribution in [2.24, 2.45) is 0 Å². The fourth-order valence-electron chi connectivity index (χ4n) is 2.80. The number of piperidine rings is 1. The van der Waals surface area contributed by atoms with Gasteiger partial charge in [-0.1, -0.05) is 18.2 Å². The molecule has 0 aromatic heterocycles. The minimum absolute atomic E-state index is 0.0462. The first kappa shape index (κ1) is 16.8. The maximum atomic E-state index is 12.7. The molecule has 5 heteroatoms. The highest BCUT2D eigenvalue weighted by molar-refractivity contribution is 5.85. The Hall–Kier alpha value is -1.59. The minimum Gasteiger partial charge on any atom is -0.491 e. The molecule has 2 rings (SSSR count). The summed E-state index contributed by atoms with van der Waals surface area (Å²) in [5.74, 6) is 0.913. The number of nitrogens with one attached hydrogen (secondary N) is 1. The van der Waals surface area contributed by atoms with Crippen LogP contribution in [0.3, 0.4) is 0 Å². The average Bonchev–Trinajstić information content (AvgIpc) is 2.56. The van der Waals surface area contributed by atoms with Crippen LogP contribution in [0.25, 0.3) is 0 Å². The van der Waals surface area contributed by atoms with Gasteiger partial charge in [-0.25, -0.2) is 0 Å². The summed E-state index contributed by atoms with van der Waals surface area (Å²) in [5, 5.41) is 3.26. The topological polar surface area (TPSA) is 50.8 Å². The summed E-state index contributed by atoms with van der Waals surface area (Å²) in [6, 6.07) is 7.89. The summed E-state index contributed by atoms with van der Waals surface area (Å²) in [4.78, 5) is 14.4. The Labute approximate surface area is 132 Å². The summed E-state index contributed by atoms with van der Waals surface area (Å²) in [7, 11) is 3.44. The zero-order chi connectivity index (χ0) is 16.0. The van der Waals surface area contributed by atoms with Crippen molar-refractivity contribution in [3.63, 3.8) is 0 Å². The maximum absolute atomic E-state index is 12.7. The Morgan fingerprint density at radius 1 is 1.32 bits per heavy atom. The molecule has 0 spiro atoms. The molecular weight excluding hydrogens is 280 g/mol. The monoisotopic (exact) mass is 306 g/mol. The highest BCUT2D eigenvalue weighted by Gasteiger charge is 2.41. The van der Waals surface area contributed by atoms with Gasteiger partial charge < -0.3 is 19.7 Å². The van der Waals surface area contributed by atoms with Gasteiger partial charge in [-0.2, -0.15) is 0 Å². The molecule has 122 valence electrons. The van der Waals surface area contributed by atoms with E-state index in [9.17, 15) is 4.79 Å². The molecule has 0 atom stereocenters. The number of hydrogen-bond donors (Lipinski definition) is 1. The molecule has 1 aliphatic heterocycles. The van der Waals surface area contributed by atoms with Crippen molar-refractivity contribution in [1.29, 1.82) is 0 Å². The summed E-state index contributed by atoms with van der Waals surface area (Å²) < 4.78 is 11.3. The number of carbonyl (C=O) groups is 1. The zero-order valence-electron chi connectivity index (χ0n) is 13.7. The zero-order valence-corrected chi connectivity index (χ0v) is 13.7. The lowest BCUT2D eigenvalue weighted by Gasteiger charge is -2.37. The lowest BCUT2D eigenvalue weighted by molar-refractivity contribution is -0.157. The number of nitrogens with zero attached hydrogens (tertiary/aromatic N) is 1. The van der Waals surface area contributed by atoms with E-state index in [0.29, 0.717) is 26.0 Å². The fourth-order valence-corrected chi connectivity index (χ4v) is 2.80. The standard InChI is InChI=1S/C17H26N2O3/c1-14-6-4-5-7-15(14)22-13-12-19(2)16(20)17(21-3)8-10-18-11-9-17/h4-7,18H,8-13H2,1-3H3. The van der Waals surface area contributed by atoms with Crippen molar-refractivity contribution in [3.05, 3.63) is 29.8 Å². The van der Waals surface area contributed by atoms with E-state index >= 15 is 0 Å². The van der Waals surface area contributed by atoms with Gasteiger partial charge in [0, 0.05) is 14.2 Å². The van der Waals surface area contributed by atoms with Gasteiger partial charge in [0.05, 0.1) is 6.54 Å². The van der Waals surface area contributed by atoms with Gasteiger partial charge in [-0.3, -0.25) is 4.79 Å². The van der Waals surface area contributed by atoms with Crippen molar-refractivity contribution in [3.8, 4) is 5.75 Å². The van der Waals surface area contributed by atoms with Gasteiger partial charge in [-0.05, 0) is 44.5 Å². The Balaban J connectivity index is 1.87. The number of methoxy groups -OCH3 is 1. The first-order valence-electron chi connectivity index (χ1n) is 7.79. The molecule has 1 N–H and O–H groups in total. The third-order valence-corrected chi connectivity index (χ3v) is 4.32. The number of benzene rings is 1. The molecule has 1 saturated heterocycles. The van der Waals surface area contributed by atoms with Gasteiger partial charge in [0.15, 0.2) is 0 Å². The summed E-state index contributed by atoms with van der Waals surface area (Å²) >= 11 is 0. The number of amides is 1. The highest BCUT2D eigenvalue weighted by Crippen LogP contribution is 2.24. The second kappa shape index (κ2) is 7.61. The fraction of sp³-hybridized carbons (Fsp3) is 0.588. The van der Waals surface area contributed by atoms with E-state index in [1.165, 1.54) is 0 Å². The number of carbonyl (C=O) groups excluding carboxylic acids is 1. The van der Waals surface area contributed by atoms with Crippen LogP contribution in [0.5, 0.6) is 5.75 Å². The SMILES string of the molecule is COC1(C(=O)N(C)CCOc2ccccc2C)CCNCC1. The minimum atomic E-state index is -0.678. The van der Waals surface area contributed by atoms with Crippen molar-refractivity contribution in [2.45, 2.75) is 25.4 Å². The van der Waals surface area contributed by atoms with Crippen LogP contribution in [-0.4, -0.2) is 56.8 Å². The largest absolute Gasteiger partial charge is 0.491 e. The third-order valence-electron chi connectivity index (χ3n) is 4.32. The van der Waals surface area contributed by atoms with E-state index in [4.69, 9.17) is 9.47 Å². The summed E-state index contributed by atoms with van der Waals surface area (Å²) in [6.07, 6.45) is 1.43. The van der Waals surface area contributed by atoms with Crippen LogP contribution in [0.15, 0.2) is 24.3 Å². The van der Waals surface area contributed by atoms with Crippen LogP contribution in [0.2, 0.25) is 0 Å². The second-order valence-corrected chi connectivity index (χ2v) is 5.79. The molecule has 1 heterocycles. The average molecular weight is 306 g/mol. The first-order valence-corrected chi connectivity index (χ1v) is 7.79. The molecule has 5 nitrogen and oxygen atoms in total. The molecule has 0 saturated carbocycles. The lowest BCUT2D eigenvalue weighted by Crippen LogP contribution is -2.55.